The summed E-state index contributed by atoms with van der Waals surface area (Å²) in [5.41, 5.74) is 3.75. The standard InChI is InChI=1S/C21H21N.BrH/c1-2-22-21(18-12-6-3-7-13-18,19-14-8-4-9-15-19)20-16-10-5-11-17-20;/h3-17,22H,2H2,1H3;1H. The van der Waals surface area contributed by atoms with Crippen LogP contribution in [-0.2, 0) is 5.54 Å². The van der Waals surface area contributed by atoms with Gasteiger partial charge in [-0.1, -0.05) is 91.0 Å². The summed E-state index contributed by atoms with van der Waals surface area (Å²) >= 11 is 0. The van der Waals surface area contributed by atoms with E-state index >= 15 is 0 Å². The zero-order valence-electron chi connectivity index (χ0n) is 13.3. The highest BCUT2D eigenvalue weighted by atomic mass is 79.9. The van der Waals surface area contributed by atoms with Gasteiger partial charge in [-0.05, 0) is 6.92 Å². The molecule has 0 spiro atoms. The number of nitrogens with two attached hydrogens (primary N) is 1. The van der Waals surface area contributed by atoms with Crippen LogP contribution >= 0.6 is 0 Å². The molecule has 118 valence electrons. The van der Waals surface area contributed by atoms with Gasteiger partial charge in [0.1, 0.15) is 0 Å². The molecule has 3 aromatic rings. The molecule has 2 heteroatoms. The van der Waals surface area contributed by atoms with Crippen molar-refractivity contribution in [1.29, 1.82) is 0 Å². The van der Waals surface area contributed by atoms with E-state index in [9.17, 15) is 0 Å². The molecule has 0 radical (unpaired) electrons. The molecule has 0 saturated heterocycles. The molecule has 0 aliphatic rings. The van der Waals surface area contributed by atoms with Crippen LogP contribution in [0.3, 0.4) is 0 Å². The molecule has 0 aromatic heterocycles. The van der Waals surface area contributed by atoms with Crippen molar-refractivity contribution in [2.45, 2.75) is 12.5 Å². The molecule has 3 aromatic carbocycles. The Labute approximate surface area is 149 Å². The first-order valence-corrected chi connectivity index (χ1v) is 7.89. The number of hydrogen-bond donors (Lipinski definition) is 1. The van der Waals surface area contributed by atoms with Crippen LogP contribution in [0.5, 0.6) is 0 Å². The molecule has 0 heterocycles. The molecule has 0 atom stereocenters. The minimum Gasteiger partial charge on any atom is -1.00 e. The average molecular weight is 368 g/mol. The Hall–Kier alpha value is -1.90. The summed E-state index contributed by atoms with van der Waals surface area (Å²) in [6.45, 7) is 3.22. The van der Waals surface area contributed by atoms with Gasteiger partial charge in [0, 0.05) is 16.7 Å². The topological polar surface area (TPSA) is 16.6 Å². The van der Waals surface area contributed by atoms with Crippen LogP contribution in [0.4, 0.5) is 0 Å². The molecule has 0 fully saturated rings. The van der Waals surface area contributed by atoms with Gasteiger partial charge in [-0.3, -0.25) is 0 Å². The molecule has 23 heavy (non-hydrogen) atoms. The van der Waals surface area contributed by atoms with Crippen LogP contribution in [0.25, 0.3) is 0 Å². The van der Waals surface area contributed by atoms with Crippen molar-refractivity contribution in [3.8, 4) is 0 Å². The second kappa shape index (κ2) is 8.09. The van der Waals surface area contributed by atoms with Gasteiger partial charge in [0.05, 0.1) is 6.54 Å². The van der Waals surface area contributed by atoms with E-state index in [0.29, 0.717) is 0 Å². The Morgan fingerprint density at radius 3 is 1.17 bits per heavy atom. The lowest BCUT2D eigenvalue weighted by atomic mass is 9.77. The number of quaternary nitrogens is 1. The molecule has 2 N–H and O–H groups in total. The molecule has 0 saturated carbocycles. The van der Waals surface area contributed by atoms with Gasteiger partial charge in [0.25, 0.3) is 0 Å². The minimum absolute atomic E-state index is 0. The van der Waals surface area contributed by atoms with Crippen molar-refractivity contribution in [2.75, 3.05) is 6.54 Å². The monoisotopic (exact) mass is 367 g/mol. The molecule has 0 unspecified atom stereocenters. The van der Waals surface area contributed by atoms with Gasteiger partial charge in [-0.15, -0.1) is 0 Å². The minimum atomic E-state index is -0.196. The van der Waals surface area contributed by atoms with E-state index in [-0.39, 0.29) is 22.5 Å². The second-order valence-electron chi connectivity index (χ2n) is 5.52. The van der Waals surface area contributed by atoms with Gasteiger partial charge in [-0.2, -0.15) is 0 Å². The van der Waals surface area contributed by atoms with Gasteiger partial charge < -0.3 is 22.3 Å². The predicted molar refractivity (Wildman–Crippen MR) is 91.7 cm³/mol. The SMILES string of the molecule is CC[NH2+]C(c1ccccc1)(c1ccccc1)c1ccccc1.[Br-]. The maximum atomic E-state index is 2.42. The van der Waals surface area contributed by atoms with Gasteiger partial charge >= 0.3 is 0 Å². The highest BCUT2D eigenvalue weighted by molar-refractivity contribution is 5.46. The second-order valence-corrected chi connectivity index (χ2v) is 5.52. The van der Waals surface area contributed by atoms with Gasteiger partial charge in [0.15, 0.2) is 5.54 Å². The Kier molecular flexibility index (Phi) is 6.14. The Balaban J connectivity index is 0.00000192. The van der Waals surface area contributed by atoms with E-state index in [1.54, 1.807) is 0 Å². The average Bonchev–Trinajstić information content (AvgIpc) is 2.62. The molecule has 0 amide bonds. The number of rotatable bonds is 5. The van der Waals surface area contributed by atoms with Crippen LogP contribution in [0.2, 0.25) is 0 Å². The molecule has 0 aliphatic carbocycles. The first-order valence-electron chi connectivity index (χ1n) is 7.89. The summed E-state index contributed by atoms with van der Waals surface area (Å²) in [7, 11) is 0. The van der Waals surface area contributed by atoms with Crippen LogP contribution in [0.1, 0.15) is 23.6 Å². The zero-order chi connectivity index (χ0) is 15.3. The lowest BCUT2D eigenvalue weighted by Gasteiger charge is -2.33. The third kappa shape index (κ3) is 3.39. The molecule has 1 nitrogen and oxygen atoms in total. The van der Waals surface area contributed by atoms with Crippen molar-refractivity contribution in [2.24, 2.45) is 0 Å². The maximum absolute atomic E-state index is 2.42. The normalized spacial score (nSPS) is 10.8. The Morgan fingerprint density at radius 1 is 0.609 bits per heavy atom. The highest BCUT2D eigenvalue weighted by Gasteiger charge is 2.39. The van der Waals surface area contributed by atoms with Gasteiger partial charge in [-0.25, -0.2) is 0 Å². The van der Waals surface area contributed by atoms with Crippen LogP contribution in [0, 0.1) is 0 Å². The van der Waals surface area contributed by atoms with Crippen LogP contribution < -0.4 is 22.3 Å². The predicted octanol–water partition coefficient (Wildman–Crippen LogP) is 0.566. The number of hydrogen-bond acceptors (Lipinski definition) is 0. The van der Waals surface area contributed by atoms with Crippen molar-refractivity contribution >= 4 is 0 Å². The largest absolute Gasteiger partial charge is 1.00 e. The van der Waals surface area contributed by atoms with Crippen molar-refractivity contribution in [3.05, 3.63) is 108 Å². The van der Waals surface area contributed by atoms with Crippen molar-refractivity contribution in [3.63, 3.8) is 0 Å². The summed E-state index contributed by atoms with van der Waals surface area (Å²) < 4.78 is 0. The van der Waals surface area contributed by atoms with Crippen molar-refractivity contribution in [1.82, 2.24) is 0 Å². The summed E-state index contributed by atoms with van der Waals surface area (Å²) in [6, 6.07) is 32.4. The van der Waals surface area contributed by atoms with E-state index in [0.717, 1.165) is 6.54 Å². The smallest absolute Gasteiger partial charge is 0.173 e. The third-order valence-electron chi connectivity index (χ3n) is 4.20. The van der Waals surface area contributed by atoms with E-state index in [1.807, 2.05) is 0 Å². The first-order chi connectivity index (χ1) is 10.9. The van der Waals surface area contributed by atoms with E-state index in [1.165, 1.54) is 16.7 Å². The summed E-state index contributed by atoms with van der Waals surface area (Å²) in [6.07, 6.45) is 0. The molecule has 0 aliphatic heterocycles. The highest BCUT2D eigenvalue weighted by Crippen LogP contribution is 2.32. The molecule has 3 rings (SSSR count). The fraction of sp³-hybridized carbons (Fsp3) is 0.143. The van der Waals surface area contributed by atoms with Gasteiger partial charge in [0.2, 0.25) is 0 Å². The van der Waals surface area contributed by atoms with Crippen molar-refractivity contribution < 1.29 is 22.3 Å². The zero-order valence-corrected chi connectivity index (χ0v) is 14.9. The number of halogens is 1. The molecule has 0 bridgehead atoms. The molecular weight excluding hydrogens is 346 g/mol. The fourth-order valence-electron chi connectivity index (χ4n) is 3.26. The van der Waals surface area contributed by atoms with Crippen LogP contribution in [0.15, 0.2) is 91.0 Å². The summed E-state index contributed by atoms with van der Waals surface area (Å²) in [4.78, 5) is 0. The van der Waals surface area contributed by atoms with Crippen LogP contribution in [-0.4, -0.2) is 6.54 Å². The fourth-order valence-corrected chi connectivity index (χ4v) is 3.26. The maximum Gasteiger partial charge on any atom is 0.173 e. The summed E-state index contributed by atoms with van der Waals surface area (Å²) in [5, 5.41) is 2.42. The summed E-state index contributed by atoms with van der Waals surface area (Å²) in [5.74, 6) is 0. The lowest BCUT2D eigenvalue weighted by Crippen LogP contribution is -3.00. The Morgan fingerprint density at radius 2 is 0.913 bits per heavy atom. The van der Waals surface area contributed by atoms with E-state index in [2.05, 4.69) is 103 Å². The third-order valence-corrected chi connectivity index (χ3v) is 4.20. The molecular formula is C21H22BrN. The Bertz CT molecular complexity index is 599. The quantitative estimate of drug-likeness (QED) is 0.634. The number of benzene rings is 3. The van der Waals surface area contributed by atoms with E-state index in [4.69, 9.17) is 0 Å². The van der Waals surface area contributed by atoms with E-state index < -0.39 is 0 Å². The first kappa shape index (κ1) is 17.5. The lowest BCUT2D eigenvalue weighted by molar-refractivity contribution is -0.714.